The van der Waals surface area contributed by atoms with Crippen molar-refractivity contribution in [1.29, 1.82) is 0 Å². The SMILES string of the molecule is CCOC(=O)c1cnn(C)c1CN(C)CCCN. The van der Waals surface area contributed by atoms with E-state index in [1.54, 1.807) is 17.8 Å². The average molecular weight is 254 g/mol. The van der Waals surface area contributed by atoms with Crippen molar-refractivity contribution in [2.75, 3.05) is 26.7 Å². The highest BCUT2D eigenvalue weighted by molar-refractivity contribution is 5.90. The van der Waals surface area contributed by atoms with Crippen molar-refractivity contribution in [2.45, 2.75) is 19.9 Å². The molecular formula is C12H22N4O2. The molecule has 1 aromatic rings. The Labute approximate surface area is 108 Å². The van der Waals surface area contributed by atoms with Crippen LogP contribution in [0.4, 0.5) is 0 Å². The third-order valence-electron chi connectivity index (χ3n) is 2.72. The van der Waals surface area contributed by atoms with Gasteiger partial charge in [-0.25, -0.2) is 4.79 Å². The van der Waals surface area contributed by atoms with Crippen molar-refractivity contribution >= 4 is 5.97 Å². The van der Waals surface area contributed by atoms with Crippen LogP contribution in [0.2, 0.25) is 0 Å². The maximum Gasteiger partial charge on any atom is 0.341 e. The number of aryl methyl sites for hydroxylation is 1. The van der Waals surface area contributed by atoms with E-state index < -0.39 is 0 Å². The molecule has 18 heavy (non-hydrogen) atoms. The second-order valence-electron chi connectivity index (χ2n) is 4.23. The molecule has 0 atom stereocenters. The lowest BCUT2D eigenvalue weighted by atomic mass is 10.2. The Bertz CT molecular complexity index is 389. The zero-order valence-electron chi connectivity index (χ0n) is 11.3. The monoisotopic (exact) mass is 254 g/mol. The second-order valence-corrected chi connectivity index (χ2v) is 4.23. The molecule has 0 aliphatic rings. The normalized spacial score (nSPS) is 10.9. The highest BCUT2D eigenvalue weighted by Crippen LogP contribution is 2.11. The number of carbonyl (C=O) groups is 1. The smallest absolute Gasteiger partial charge is 0.341 e. The van der Waals surface area contributed by atoms with Crippen molar-refractivity contribution in [1.82, 2.24) is 14.7 Å². The minimum atomic E-state index is -0.312. The molecule has 6 nitrogen and oxygen atoms in total. The van der Waals surface area contributed by atoms with Gasteiger partial charge in [0.05, 0.1) is 18.5 Å². The Morgan fingerprint density at radius 1 is 1.61 bits per heavy atom. The average Bonchev–Trinajstić information content (AvgIpc) is 2.69. The Morgan fingerprint density at radius 2 is 2.33 bits per heavy atom. The topological polar surface area (TPSA) is 73.4 Å². The van der Waals surface area contributed by atoms with E-state index in [1.165, 1.54) is 0 Å². The van der Waals surface area contributed by atoms with Crippen LogP contribution in [0.5, 0.6) is 0 Å². The minimum absolute atomic E-state index is 0.312. The van der Waals surface area contributed by atoms with Crippen LogP contribution in [0.15, 0.2) is 6.20 Å². The van der Waals surface area contributed by atoms with Gasteiger partial charge in [0.1, 0.15) is 5.56 Å². The van der Waals surface area contributed by atoms with Crippen LogP contribution in [0.25, 0.3) is 0 Å². The lowest BCUT2D eigenvalue weighted by Gasteiger charge is -2.17. The molecule has 2 N–H and O–H groups in total. The third kappa shape index (κ3) is 3.82. The molecule has 0 spiro atoms. The van der Waals surface area contributed by atoms with E-state index in [2.05, 4.69) is 10.00 Å². The van der Waals surface area contributed by atoms with Crippen LogP contribution in [-0.4, -0.2) is 47.4 Å². The summed E-state index contributed by atoms with van der Waals surface area (Å²) in [6.45, 7) is 4.38. The quantitative estimate of drug-likeness (QED) is 0.712. The van der Waals surface area contributed by atoms with Crippen molar-refractivity contribution < 1.29 is 9.53 Å². The van der Waals surface area contributed by atoms with E-state index >= 15 is 0 Å². The zero-order valence-corrected chi connectivity index (χ0v) is 11.3. The molecule has 1 rings (SSSR count). The molecule has 0 unspecified atom stereocenters. The predicted molar refractivity (Wildman–Crippen MR) is 69.2 cm³/mol. The fourth-order valence-corrected chi connectivity index (χ4v) is 1.73. The van der Waals surface area contributed by atoms with Gasteiger partial charge in [0.2, 0.25) is 0 Å². The second kappa shape index (κ2) is 7.13. The number of nitrogens with zero attached hydrogens (tertiary/aromatic N) is 3. The van der Waals surface area contributed by atoms with Crippen molar-refractivity contribution in [3.05, 3.63) is 17.5 Å². The largest absolute Gasteiger partial charge is 0.462 e. The molecule has 0 aliphatic heterocycles. The highest BCUT2D eigenvalue weighted by Gasteiger charge is 2.18. The summed E-state index contributed by atoms with van der Waals surface area (Å²) in [6, 6.07) is 0. The summed E-state index contributed by atoms with van der Waals surface area (Å²) < 4.78 is 6.73. The summed E-state index contributed by atoms with van der Waals surface area (Å²) in [4.78, 5) is 13.9. The van der Waals surface area contributed by atoms with Crippen molar-refractivity contribution in [3.8, 4) is 0 Å². The fraction of sp³-hybridized carbons (Fsp3) is 0.667. The van der Waals surface area contributed by atoms with E-state index in [9.17, 15) is 4.79 Å². The number of carbonyl (C=O) groups excluding carboxylic acids is 1. The maximum atomic E-state index is 11.8. The van der Waals surface area contributed by atoms with Crippen LogP contribution >= 0.6 is 0 Å². The van der Waals surface area contributed by atoms with Crippen LogP contribution in [0.1, 0.15) is 29.4 Å². The first-order chi connectivity index (χ1) is 8.60. The summed E-state index contributed by atoms with van der Waals surface area (Å²) >= 11 is 0. The zero-order chi connectivity index (χ0) is 13.5. The van der Waals surface area contributed by atoms with Gasteiger partial charge in [0.15, 0.2) is 0 Å². The number of esters is 1. The summed E-state index contributed by atoms with van der Waals surface area (Å²) in [6.07, 6.45) is 2.49. The summed E-state index contributed by atoms with van der Waals surface area (Å²) in [5.74, 6) is -0.312. The molecule has 1 heterocycles. The van der Waals surface area contributed by atoms with E-state index in [1.807, 2.05) is 14.1 Å². The van der Waals surface area contributed by atoms with Crippen LogP contribution in [0.3, 0.4) is 0 Å². The third-order valence-corrected chi connectivity index (χ3v) is 2.72. The summed E-state index contributed by atoms with van der Waals surface area (Å²) in [5.41, 5.74) is 6.89. The van der Waals surface area contributed by atoms with Crippen LogP contribution < -0.4 is 5.73 Å². The molecule has 1 aromatic heterocycles. The van der Waals surface area contributed by atoms with Crippen LogP contribution in [-0.2, 0) is 18.3 Å². The Kier molecular flexibility index (Phi) is 5.80. The minimum Gasteiger partial charge on any atom is -0.462 e. The van der Waals surface area contributed by atoms with Crippen molar-refractivity contribution in [2.24, 2.45) is 12.8 Å². The van der Waals surface area contributed by atoms with Gasteiger partial charge >= 0.3 is 5.97 Å². The van der Waals surface area contributed by atoms with Gasteiger partial charge in [-0.3, -0.25) is 4.68 Å². The number of ether oxygens (including phenoxy) is 1. The lowest BCUT2D eigenvalue weighted by Crippen LogP contribution is -2.24. The highest BCUT2D eigenvalue weighted by atomic mass is 16.5. The number of hydrogen-bond donors (Lipinski definition) is 1. The number of nitrogens with two attached hydrogens (primary N) is 1. The Morgan fingerprint density at radius 3 is 2.94 bits per heavy atom. The first-order valence-corrected chi connectivity index (χ1v) is 6.16. The first kappa shape index (κ1) is 14.7. The van der Waals surface area contributed by atoms with E-state index in [-0.39, 0.29) is 5.97 Å². The maximum absolute atomic E-state index is 11.8. The first-order valence-electron chi connectivity index (χ1n) is 6.16. The van der Waals surface area contributed by atoms with Gasteiger partial charge in [-0.1, -0.05) is 0 Å². The van der Waals surface area contributed by atoms with Gasteiger partial charge in [0, 0.05) is 13.6 Å². The Balaban J connectivity index is 2.74. The van der Waals surface area contributed by atoms with Gasteiger partial charge in [0.25, 0.3) is 0 Å². The lowest BCUT2D eigenvalue weighted by molar-refractivity contribution is 0.0524. The molecule has 102 valence electrons. The molecule has 6 heteroatoms. The predicted octanol–water partition coefficient (Wildman–Crippen LogP) is 0.377. The molecule has 0 saturated carbocycles. The molecule has 0 aromatic carbocycles. The van der Waals surface area contributed by atoms with Crippen molar-refractivity contribution in [3.63, 3.8) is 0 Å². The van der Waals surface area contributed by atoms with E-state index in [0.29, 0.717) is 25.3 Å². The molecule has 0 aliphatic carbocycles. The molecule has 0 bridgehead atoms. The van der Waals surface area contributed by atoms with Crippen LogP contribution in [0, 0.1) is 0 Å². The molecular weight excluding hydrogens is 232 g/mol. The molecule has 0 amide bonds. The molecule has 0 radical (unpaired) electrons. The molecule has 0 fully saturated rings. The van der Waals surface area contributed by atoms with Gasteiger partial charge in [-0.15, -0.1) is 0 Å². The number of rotatable bonds is 7. The summed E-state index contributed by atoms with van der Waals surface area (Å²) in [5, 5.41) is 4.12. The number of hydrogen-bond acceptors (Lipinski definition) is 5. The van der Waals surface area contributed by atoms with Gasteiger partial charge < -0.3 is 15.4 Å². The summed E-state index contributed by atoms with van der Waals surface area (Å²) in [7, 11) is 3.83. The number of aromatic nitrogens is 2. The standard InChI is InChI=1S/C12H22N4O2/c1-4-18-12(17)10-8-14-16(3)11(10)9-15(2)7-5-6-13/h8H,4-7,9,13H2,1-3H3. The van der Waals surface area contributed by atoms with Gasteiger partial charge in [-0.2, -0.15) is 5.10 Å². The van der Waals surface area contributed by atoms with E-state index in [0.717, 1.165) is 18.7 Å². The van der Waals surface area contributed by atoms with Gasteiger partial charge in [-0.05, 0) is 33.5 Å². The van der Waals surface area contributed by atoms with E-state index in [4.69, 9.17) is 10.5 Å². The fourth-order valence-electron chi connectivity index (χ4n) is 1.73. The Hall–Kier alpha value is -1.40. The molecule has 0 saturated heterocycles.